The van der Waals surface area contributed by atoms with Crippen molar-refractivity contribution < 1.29 is 14.5 Å². The van der Waals surface area contributed by atoms with Gasteiger partial charge in [0.15, 0.2) is 0 Å². The molecule has 3 rings (SSSR count). The molecule has 1 atom stereocenters. The number of likely N-dealkylation sites (N-methyl/N-ethyl adjacent to an activating group) is 1. The topological polar surface area (TPSA) is 122 Å². The van der Waals surface area contributed by atoms with E-state index >= 15 is 0 Å². The number of hydrogen-bond acceptors (Lipinski definition) is 5. The van der Waals surface area contributed by atoms with Gasteiger partial charge in [0.2, 0.25) is 0 Å². The Hall–Kier alpha value is -2.94. The third kappa shape index (κ3) is 1.99. The third-order valence-corrected chi connectivity index (χ3v) is 3.80. The van der Waals surface area contributed by atoms with Gasteiger partial charge in [0.05, 0.1) is 28.8 Å². The Labute approximate surface area is 125 Å². The largest absolute Gasteiger partial charge is 0.326 e. The first kappa shape index (κ1) is 14.0. The summed E-state index contributed by atoms with van der Waals surface area (Å²) in [5.41, 5.74) is 1.20. The zero-order chi connectivity index (χ0) is 16.0. The Kier molecular flexibility index (Phi) is 3.06. The van der Waals surface area contributed by atoms with Crippen molar-refractivity contribution in [1.82, 2.24) is 15.2 Å². The molecule has 114 valence electrons. The molecule has 0 spiro atoms. The van der Waals surface area contributed by atoms with Crippen LogP contribution in [0.3, 0.4) is 0 Å². The van der Waals surface area contributed by atoms with E-state index in [9.17, 15) is 19.7 Å². The van der Waals surface area contributed by atoms with E-state index < -0.39 is 22.9 Å². The molecule has 0 bridgehead atoms. The molecule has 2 aliphatic rings. The molecule has 2 aliphatic heterocycles. The van der Waals surface area contributed by atoms with E-state index in [1.54, 1.807) is 13.1 Å². The van der Waals surface area contributed by atoms with Crippen molar-refractivity contribution in [2.45, 2.75) is 6.04 Å². The Morgan fingerprint density at radius 2 is 2.14 bits per heavy atom. The first-order chi connectivity index (χ1) is 10.4. The number of carbonyl (C=O) groups is 2. The van der Waals surface area contributed by atoms with Crippen molar-refractivity contribution >= 4 is 17.6 Å². The molecule has 0 aliphatic carbocycles. The van der Waals surface area contributed by atoms with Gasteiger partial charge in [0, 0.05) is 19.2 Å². The molecular weight excluding hydrogens is 290 g/mol. The standard InChI is InChI=1S/C13H13N5O4/c1-16-9-6-17(14)12(19)10(9)11(15-13(16)20)7-3-2-4-8(5-7)18(21)22/h2-5,11H,6,14H2,1H3,(H,15,20)/t11-/m0/s1. The summed E-state index contributed by atoms with van der Waals surface area (Å²) in [5, 5.41) is 14.6. The predicted molar refractivity (Wildman–Crippen MR) is 75.1 cm³/mol. The summed E-state index contributed by atoms with van der Waals surface area (Å²) < 4.78 is 0. The fourth-order valence-corrected chi connectivity index (χ4v) is 2.66. The minimum absolute atomic E-state index is 0.108. The minimum atomic E-state index is -0.750. The van der Waals surface area contributed by atoms with Crippen molar-refractivity contribution in [1.29, 1.82) is 0 Å². The molecule has 1 aromatic carbocycles. The second-order valence-electron chi connectivity index (χ2n) is 5.09. The summed E-state index contributed by atoms with van der Waals surface area (Å²) in [6.45, 7) is 0.128. The number of benzene rings is 1. The van der Waals surface area contributed by atoms with Gasteiger partial charge in [-0.15, -0.1) is 0 Å². The van der Waals surface area contributed by atoms with Crippen LogP contribution in [0.15, 0.2) is 35.5 Å². The smallest absolute Gasteiger partial charge is 0.322 e. The van der Waals surface area contributed by atoms with Crippen molar-refractivity contribution in [3.63, 3.8) is 0 Å². The quantitative estimate of drug-likeness (QED) is 0.351. The van der Waals surface area contributed by atoms with Crippen molar-refractivity contribution in [3.8, 4) is 0 Å². The van der Waals surface area contributed by atoms with E-state index in [1.807, 2.05) is 0 Å². The van der Waals surface area contributed by atoms with E-state index in [2.05, 4.69) is 5.32 Å². The molecule has 0 fully saturated rings. The maximum absolute atomic E-state index is 12.2. The number of nitrogens with zero attached hydrogens (tertiary/aromatic N) is 3. The molecule has 0 saturated heterocycles. The summed E-state index contributed by atoms with van der Waals surface area (Å²) in [5.74, 6) is 5.23. The van der Waals surface area contributed by atoms with Gasteiger partial charge in [-0.2, -0.15) is 0 Å². The van der Waals surface area contributed by atoms with Crippen LogP contribution in [0.2, 0.25) is 0 Å². The lowest BCUT2D eigenvalue weighted by Gasteiger charge is -2.30. The molecule has 0 unspecified atom stereocenters. The number of non-ortho nitro benzene ring substituents is 1. The van der Waals surface area contributed by atoms with Gasteiger partial charge in [0.25, 0.3) is 11.6 Å². The van der Waals surface area contributed by atoms with Crippen LogP contribution in [-0.4, -0.2) is 40.4 Å². The highest BCUT2D eigenvalue weighted by Crippen LogP contribution is 2.35. The molecule has 3 N–H and O–H groups in total. The highest BCUT2D eigenvalue weighted by Gasteiger charge is 2.42. The molecular formula is C13H13N5O4. The minimum Gasteiger partial charge on any atom is -0.326 e. The molecule has 2 heterocycles. The summed E-state index contributed by atoms with van der Waals surface area (Å²) in [4.78, 5) is 36.0. The van der Waals surface area contributed by atoms with Gasteiger partial charge in [-0.1, -0.05) is 12.1 Å². The normalized spacial score (nSPS) is 21.1. The molecule has 9 heteroatoms. The lowest BCUT2D eigenvalue weighted by Crippen LogP contribution is -2.45. The second kappa shape index (κ2) is 4.81. The maximum Gasteiger partial charge on any atom is 0.322 e. The molecule has 1 aromatic rings. The van der Waals surface area contributed by atoms with E-state index in [1.165, 1.54) is 23.1 Å². The van der Waals surface area contributed by atoms with Gasteiger partial charge in [0.1, 0.15) is 0 Å². The Balaban J connectivity index is 2.10. The molecule has 22 heavy (non-hydrogen) atoms. The highest BCUT2D eigenvalue weighted by atomic mass is 16.6. The van der Waals surface area contributed by atoms with Gasteiger partial charge >= 0.3 is 6.03 Å². The lowest BCUT2D eigenvalue weighted by molar-refractivity contribution is -0.384. The fourth-order valence-electron chi connectivity index (χ4n) is 2.66. The van der Waals surface area contributed by atoms with E-state index in [0.717, 1.165) is 5.01 Å². The number of rotatable bonds is 2. The average Bonchev–Trinajstić information content (AvgIpc) is 2.79. The maximum atomic E-state index is 12.2. The van der Waals surface area contributed by atoms with E-state index in [4.69, 9.17) is 5.84 Å². The molecule has 0 aromatic heterocycles. The number of nitro benzene ring substituents is 1. The second-order valence-corrected chi connectivity index (χ2v) is 5.09. The highest BCUT2D eigenvalue weighted by molar-refractivity contribution is 6.01. The molecule has 0 radical (unpaired) electrons. The fraction of sp³-hybridized carbons (Fsp3) is 0.231. The summed E-state index contributed by atoms with van der Waals surface area (Å²) in [6, 6.07) is 4.69. The number of hydrogen-bond donors (Lipinski definition) is 2. The first-order valence-electron chi connectivity index (χ1n) is 6.48. The lowest BCUT2D eigenvalue weighted by atomic mass is 9.95. The van der Waals surface area contributed by atoms with Crippen LogP contribution in [0, 0.1) is 10.1 Å². The van der Waals surface area contributed by atoms with Crippen LogP contribution in [0.4, 0.5) is 10.5 Å². The van der Waals surface area contributed by atoms with Gasteiger partial charge in [-0.05, 0) is 5.56 Å². The summed E-state index contributed by atoms with van der Waals surface area (Å²) >= 11 is 0. The van der Waals surface area contributed by atoms with Crippen LogP contribution in [-0.2, 0) is 4.79 Å². The van der Waals surface area contributed by atoms with Gasteiger partial charge in [-0.3, -0.25) is 24.8 Å². The number of nitrogens with two attached hydrogens (primary N) is 1. The van der Waals surface area contributed by atoms with E-state index in [-0.39, 0.29) is 12.2 Å². The number of amides is 3. The zero-order valence-corrected chi connectivity index (χ0v) is 11.6. The molecule has 0 saturated carbocycles. The van der Waals surface area contributed by atoms with Crippen LogP contribution >= 0.6 is 0 Å². The van der Waals surface area contributed by atoms with Crippen LogP contribution in [0.25, 0.3) is 0 Å². The van der Waals surface area contributed by atoms with Crippen molar-refractivity contribution in [2.75, 3.05) is 13.6 Å². The van der Waals surface area contributed by atoms with E-state index in [0.29, 0.717) is 16.8 Å². The van der Waals surface area contributed by atoms with Crippen molar-refractivity contribution in [3.05, 3.63) is 51.2 Å². The number of nitrogens with one attached hydrogen (secondary N) is 1. The molecule has 9 nitrogen and oxygen atoms in total. The Morgan fingerprint density at radius 1 is 1.41 bits per heavy atom. The van der Waals surface area contributed by atoms with Crippen LogP contribution < -0.4 is 11.2 Å². The average molecular weight is 303 g/mol. The third-order valence-electron chi connectivity index (χ3n) is 3.80. The summed E-state index contributed by atoms with van der Waals surface area (Å²) in [6.07, 6.45) is 0. The van der Waals surface area contributed by atoms with Crippen LogP contribution in [0.5, 0.6) is 0 Å². The SMILES string of the molecule is CN1C(=O)N[C@@H](c2cccc([N+](=O)[O-])c2)C2=C1CN(N)C2=O. The molecule has 3 amide bonds. The van der Waals surface area contributed by atoms with Gasteiger partial charge in [-0.25, -0.2) is 10.6 Å². The van der Waals surface area contributed by atoms with Crippen molar-refractivity contribution in [2.24, 2.45) is 5.84 Å². The van der Waals surface area contributed by atoms with Crippen LogP contribution in [0.1, 0.15) is 11.6 Å². The number of carbonyl (C=O) groups excluding carboxylic acids is 2. The Morgan fingerprint density at radius 3 is 2.82 bits per heavy atom. The number of urea groups is 1. The number of hydrazine groups is 1. The Bertz CT molecular complexity index is 729. The number of nitro groups is 1. The zero-order valence-electron chi connectivity index (χ0n) is 11.6. The summed E-state index contributed by atoms with van der Waals surface area (Å²) in [7, 11) is 1.54. The predicted octanol–water partition coefficient (Wildman–Crippen LogP) is 0.261. The monoisotopic (exact) mass is 303 g/mol. The first-order valence-corrected chi connectivity index (χ1v) is 6.48. The van der Waals surface area contributed by atoms with Gasteiger partial charge < -0.3 is 5.32 Å².